The highest BCUT2D eigenvalue weighted by Crippen LogP contribution is 2.43. The number of halogens is 3. The molecule has 0 aliphatic carbocycles. The van der Waals surface area contributed by atoms with Gasteiger partial charge >= 0.3 is 0 Å². The topological polar surface area (TPSA) is 43.1 Å². The maximum Gasteiger partial charge on any atom is 0.133 e. The Morgan fingerprint density at radius 2 is 1.81 bits per heavy atom. The van der Waals surface area contributed by atoms with Crippen LogP contribution in [-0.2, 0) is 6.42 Å². The van der Waals surface area contributed by atoms with Crippen LogP contribution >= 0.6 is 0 Å². The zero-order chi connectivity index (χ0) is 22.6. The molecule has 1 saturated heterocycles. The average Bonchev–Trinajstić information content (AvgIpc) is 3.04. The van der Waals surface area contributed by atoms with E-state index < -0.39 is 23.3 Å². The number of hydrogen-bond acceptors (Lipinski definition) is 3. The fraction of sp³-hybridized carbons (Fsp3) is 0.440. The van der Waals surface area contributed by atoms with Gasteiger partial charge in [0.05, 0.1) is 12.1 Å². The van der Waals surface area contributed by atoms with E-state index in [1.165, 1.54) is 26.0 Å². The summed E-state index contributed by atoms with van der Waals surface area (Å²) in [6.45, 7) is 6.61. The summed E-state index contributed by atoms with van der Waals surface area (Å²) >= 11 is 0. The maximum atomic E-state index is 15.5. The normalized spacial score (nSPS) is 22.1. The molecule has 1 fully saturated rings. The predicted octanol–water partition coefficient (Wildman–Crippen LogP) is 4.91. The Bertz CT molecular complexity index is 1120. The van der Waals surface area contributed by atoms with Gasteiger partial charge in [-0.05, 0) is 51.0 Å². The molecular weight excluding hydrogens is 413 g/mol. The van der Waals surface area contributed by atoms with Crippen LogP contribution in [0.3, 0.4) is 0 Å². The number of aromatic nitrogens is 1. The number of fused-ring (bicyclic) bond motifs is 3. The summed E-state index contributed by atoms with van der Waals surface area (Å²) in [5.74, 6) is -1.24. The molecule has 3 aromatic rings. The summed E-state index contributed by atoms with van der Waals surface area (Å²) in [6.07, 6.45) is 0.684. The molecule has 3 heterocycles. The third-order valence-corrected chi connectivity index (χ3v) is 6.58. The number of nitrogens with zero attached hydrogens (tertiary/aromatic N) is 1. The zero-order valence-corrected chi connectivity index (χ0v) is 18.6. The second-order valence-electron chi connectivity index (χ2n) is 9.76. The minimum absolute atomic E-state index is 0.0362. The van der Waals surface area contributed by atoms with Crippen molar-refractivity contribution in [1.82, 2.24) is 15.2 Å². The molecule has 0 spiro atoms. The number of para-hydroxylation sites is 1. The molecule has 2 aliphatic rings. The number of hydrogen-bond donors (Lipinski definition) is 3. The van der Waals surface area contributed by atoms with Crippen LogP contribution in [0.25, 0.3) is 10.9 Å². The molecule has 32 heavy (non-hydrogen) atoms. The van der Waals surface area contributed by atoms with Gasteiger partial charge in [-0.1, -0.05) is 18.2 Å². The number of alkyl halides is 1. The number of H-pyrrole nitrogens is 1. The number of benzene rings is 2. The van der Waals surface area contributed by atoms with Crippen molar-refractivity contribution >= 4 is 16.6 Å². The lowest BCUT2D eigenvalue weighted by molar-refractivity contribution is 0.0643. The molecule has 0 amide bonds. The molecular formula is C25H29F3N4. The Labute approximate surface area is 186 Å². The van der Waals surface area contributed by atoms with E-state index in [1.807, 2.05) is 36.1 Å². The Morgan fingerprint density at radius 1 is 1.12 bits per heavy atom. The molecule has 2 aromatic carbocycles. The molecule has 2 aliphatic heterocycles. The van der Waals surface area contributed by atoms with Crippen LogP contribution in [0.5, 0.6) is 0 Å². The lowest BCUT2D eigenvalue weighted by Gasteiger charge is -2.43. The van der Waals surface area contributed by atoms with E-state index in [1.54, 1.807) is 0 Å². The molecule has 7 heteroatoms. The van der Waals surface area contributed by atoms with Crippen LogP contribution in [-0.4, -0.2) is 47.3 Å². The molecule has 4 nitrogen and oxygen atoms in total. The van der Waals surface area contributed by atoms with Gasteiger partial charge < -0.3 is 15.6 Å². The number of aromatic amines is 1. The molecule has 2 atom stereocenters. The smallest absolute Gasteiger partial charge is 0.133 e. The van der Waals surface area contributed by atoms with Gasteiger partial charge in [0.1, 0.15) is 17.3 Å². The maximum absolute atomic E-state index is 15.5. The van der Waals surface area contributed by atoms with Gasteiger partial charge in [0.2, 0.25) is 0 Å². The van der Waals surface area contributed by atoms with Gasteiger partial charge in [0.25, 0.3) is 0 Å². The summed E-state index contributed by atoms with van der Waals surface area (Å²) in [5.41, 5.74) is 1.59. The summed E-state index contributed by atoms with van der Waals surface area (Å²) in [4.78, 5) is 5.29. The van der Waals surface area contributed by atoms with Crippen molar-refractivity contribution in [3.8, 4) is 0 Å². The molecule has 5 rings (SSSR count). The molecule has 0 unspecified atom stereocenters. The van der Waals surface area contributed by atoms with E-state index in [9.17, 15) is 4.39 Å². The third kappa shape index (κ3) is 3.77. The van der Waals surface area contributed by atoms with E-state index in [0.29, 0.717) is 12.1 Å². The fourth-order valence-electron chi connectivity index (χ4n) is 5.05. The van der Waals surface area contributed by atoms with Crippen LogP contribution in [0.4, 0.5) is 18.9 Å². The highest BCUT2D eigenvalue weighted by Gasteiger charge is 2.41. The first-order chi connectivity index (χ1) is 15.2. The summed E-state index contributed by atoms with van der Waals surface area (Å²) in [5, 5.41) is 7.35. The van der Waals surface area contributed by atoms with Gasteiger partial charge in [-0.3, -0.25) is 4.90 Å². The first kappa shape index (κ1) is 21.3. The van der Waals surface area contributed by atoms with E-state index in [4.69, 9.17) is 0 Å². The Morgan fingerprint density at radius 3 is 2.44 bits per heavy atom. The van der Waals surface area contributed by atoms with E-state index >= 15 is 8.78 Å². The van der Waals surface area contributed by atoms with Crippen LogP contribution in [0.15, 0.2) is 36.4 Å². The van der Waals surface area contributed by atoms with Crippen LogP contribution < -0.4 is 10.6 Å². The van der Waals surface area contributed by atoms with E-state index in [0.717, 1.165) is 35.2 Å². The van der Waals surface area contributed by atoms with Crippen molar-refractivity contribution < 1.29 is 13.2 Å². The molecule has 0 saturated carbocycles. The van der Waals surface area contributed by atoms with Crippen molar-refractivity contribution in [2.45, 2.75) is 51.0 Å². The summed E-state index contributed by atoms with van der Waals surface area (Å²) in [6, 6.07) is 9.94. The highest BCUT2D eigenvalue weighted by molar-refractivity contribution is 5.85. The SMILES string of the molecule is C[C@@H]1Cc2c([nH]c3ccccc23)[C@@H](c2c(F)cc(NC3CNC3)cc2F)N1CC(C)(C)F. The van der Waals surface area contributed by atoms with Crippen molar-refractivity contribution in [2.24, 2.45) is 0 Å². The van der Waals surface area contributed by atoms with Gasteiger partial charge in [0.15, 0.2) is 0 Å². The van der Waals surface area contributed by atoms with Gasteiger partial charge in [-0.2, -0.15) is 0 Å². The fourth-order valence-corrected chi connectivity index (χ4v) is 5.05. The second kappa shape index (κ2) is 7.81. The van der Waals surface area contributed by atoms with Crippen molar-refractivity contribution in [2.75, 3.05) is 25.0 Å². The first-order valence-electron chi connectivity index (χ1n) is 11.2. The lowest BCUT2D eigenvalue weighted by atomic mass is 9.87. The van der Waals surface area contributed by atoms with Gasteiger partial charge in [-0.15, -0.1) is 0 Å². The van der Waals surface area contributed by atoms with Crippen molar-refractivity contribution in [3.05, 3.63) is 64.9 Å². The van der Waals surface area contributed by atoms with Gasteiger partial charge in [-0.25, -0.2) is 13.2 Å². The van der Waals surface area contributed by atoms with E-state index in [-0.39, 0.29) is 24.2 Å². The van der Waals surface area contributed by atoms with E-state index in [2.05, 4.69) is 15.6 Å². The average molecular weight is 443 g/mol. The largest absolute Gasteiger partial charge is 0.380 e. The molecule has 0 radical (unpaired) electrons. The first-order valence-corrected chi connectivity index (χ1v) is 11.2. The predicted molar refractivity (Wildman–Crippen MR) is 122 cm³/mol. The highest BCUT2D eigenvalue weighted by atomic mass is 19.1. The summed E-state index contributed by atoms with van der Waals surface area (Å²) < 4.78 is 45.9. The lowest BCUT2D eigenvalue weighted by Crippen LogP contribution is -2.51. The Hall–Kier alpha value is -2.51. The van der Waals surface area contributed by atoms with Crippen molar-refractivity contribution in [3.63, 3.8) is 0 Å². The minimum atomic E-state index is -1.51. The molecule has 1 aromatic heterocycles. The van der Waals surface area contributed by atoms with Crippen molar-refractivity contribution in [1.29, 1.82) is 0 Å². The third-order valence-electron chi connectivity index (χ3n) is 6.58. The number of nitrogens with one attached hydrogen (secondary N) is 3. The molecule has 170 valence electrons. The second-order valence-corrected chi connectivity index (χ2v) is 9.76. The quantitative estimate of drug-likeness (QED) is 0.526. The molecule has 0 bridgehead atoms. The zero-order valence-electron chi connectivity index (χ0n) is 18.6. The molecule has 3 N–H and O–H groups in total. The van der Waals surface area contributed by atoms with Crippen LogP contribution in [0.2, 0.25) is 0 Å². The Balaban J connectivity index is 1.65. The van der Waals surface area contributed by atoms with Gasteiger partial charge in [0, 0.05) is 53.5 Å². The standard InChI is InChI=1S/C25H29F3N4/c1-14-8-18-17-6-4-5-7-21(17)31-23(18)24(32(14)13-25(2,3)28)22-19(26)9-15(10-20(22)27)30-16-11-29-12-16/h4-7,9-10,14,16,24,29-31H,8,11-13H2,1-3H3/t14-,24-/m1/s1. The minimum Gasteiger partial charge on any atom is -0.380 e. The monoisotopic (exact) mass is 442 g/mol. The van der Waals surface area contributed by atoms with Crippen LogP contribution in [0, 0.1) is 11.6 Å². The summed E-state index contributed by atoms with van der Waals surface area (Å²) in [7, 11) is 0. The number of rotatable bonds is 5. The van der Waals surface area contributed by atoms with Crippen LogP contribution in [0.1, 0.15) is 43.6 Å². The Kier molecular flexibility index (Phi) is 5.21. The number of anilines is 1.